The second kappa shape index (κ2) is 4.24. The van der Waals surface area contributed by atoms with E-state index in [4.69, 9.17) is 0 Å². The zero-order valence-electron chi connectivity index (χ0n) is 10.7. The quantitative estimate of drug-likeness (QED) is 0.832. The number of hydrogen-bond acceptors (Lipinski definition) is 2. The van der Waals surface area contributed by atoms with Crippen LogP contribution in [0.5, 0.6) is 0 Å². The van der Waals surface area contributed by atoms with Gasteiger partial charge in [-0.15, -0.1) is 0 Å². The molecular formula is C13H20N2O. The van der Waals surface area contributed by atoms with Gasteiger partial charge >= 0.3 is 0 Å². The van der Waals surface area contributed by atoms with Crippen LogP contribution in [-0.4, -0.2) is 10.9 Å². The number of nitrogens with zero attached hydrogens (tertiary/aromatic N) is 1. The minimum absolute atomic E-state index is 0.0503. The molecule has 88 valence electrons. The predicted molar refractivity (Wildman–Crippen MR) is 64.9 cm³/mol. The van der Waals surface area contributed by atoms with Gasteiger partial charge < -0.3 is 5.32 Å². The van der Waals surface area contributed by atoms with E-state index in [1.165, 1.54) is 0 Å². The fourth-order valence-electron chi connectivity index (χ4n) is 1.31. The van der Waals surface area contributed by atoms with E-state index in [9.17, 15) is 4.79 Å². The maximum Gasteiger partial charge on any atom is 0.226 e. The summed E-state index contributed by atoms with van der Waals surface area (Å²) in [6.45, 7) is 9.71. The number of hydrogen-bond donors (Lipinski definition) is 1. The Balaban J connectivity index is 2.85. The van der Waals surface area contributed by atoms with Crippen LogP contribution in [0.3, 0.4) is 0 Å². The molecule has 3 heteroatoms. The molecular weight excluding hydrogens is 200 g/mol. The standard InChI is InChI=1S/C13H20N2O/c1-12(2,3)11(16)15-13(4,5)10-6-8-14-9-7-10/h6-9H,1-5H3,(H,15,16). The molecule has 0 bridgehead atoms. The molecule has 0 spiro atoms. The van der Waals surface area contributed by atoms with Crippen molar-refractivity contribution in [3.63, 3.8) is 0 Å². The Morgan fingerprint density at radius 1 is 1.12 bits per heavy atom. The van der Waals surface area contributed by atoms with Gasteiger partial charge in [0.2, 0.25) is 5.91 Å². The molecule has 0 fully saturated rings. The molecule has 1 N–H and O–H groups in total. The van der Waals surface area contributed by atoms with Gasteiger partial charge in [0.25, 0.3) is 0 Å². The minimum Gasteiger partial charge on any atom is -0.347 e. The number of rotatable bonds is 2. The second-order valence-electron chi connectivity index (χ2n) is 5.57. The first-order valence-electron chi connectivity index (χ1n) is 5.46. The SMILES string of the molecule is CC(C)(C)C(=O)NC(C)(C)c1ccncc1. The smallest absolute Gasteiger partial charge is 0.226 e. The van der Waals surface area contributed by atoms with Gasteiger partial charge in [0.15, 0.2) is 0 Å². The average molecular weight is 220 g/mol. The molecule has 0 saturated carbocycles. The van der Waals surface area contributed by atoms with Crippen LogP contribution in [0.1, 0.15) is 40.2 Å². The van der Waals surface area contributed by atoms with Gasteiger partial charge in [0.1, 0.15) is 0 Å². The van der Waals surface area contributed by atoms with Crippen molar-refractivity contribution in [1.82, 2.24) is 10.3 Å². The van der Waals surface area contributed by atoms with E-state index >= 15 is 0 Å². The molecule has 3 nitrogen and oxygen atoms in total. The summed E-state index contributed by atoms with van der Waals surface area (Å²) in [4.78, 5) is 15.9. The van der Waals surface area contributed by atoms with E-state index in [0.29, 0.717) is 0 Å². The summed E-state index contributed by atoms with van der Waals surface area (Å²) in [7, 11) is 0. The van der Waals surface area contributed by atoms with E-state index in [-0.39, 0.29) is 16.9 Å². The Kier molecular flexibility index (Phi) is 3.36. The summed E-state index contributed by atoms with van der Waals surface area (Å²) >= 11 is 0. The molecule has 0 atom stereocenters. The first-order valence-corrected chi connectivity index (χ1v) is 5.46. The average Bonchev–Trinajstić information content (AvgIpc) is 2.17. The van der Waals surface area contributed by atoms with Crippen molar-refractivity contribution in [3.8, 4) is 0 Å². The lowest BCUT2D eigenvalue weighted by Crippen LogP contribution is -2.46. The number of nitrogens with one attached hydrogen (secondary N) is 1. The molecule has 0 saturated heterocycles. The third-order valence-electron chi connectivity index (χ3n) is 2.51. The molecule has 1 heterocycles. The zero-order chi connectivity index (χ0) is 12.4. The molecule has 1 aromatic rings. The minimum atomic E-state index is -0.371. The molecule has 1 rings (SSSR count). The van der Waals surface area contributed by atoms with Crippen LogP contribution >= 0.6 is 0 Å². The van der Waals surface area contributed by atoms with Crippen molar-refractivity contribution in [3.05, 3.63) is 30.1 Å². The maximum absolute atomic E-state index is 11.9. The van der Waals surface area contributed by atoms with Crippen molar-refractivity contribution in [2.45, 2.75) is 40.2 Å². The van der Waals surface area contributed by atoms with Gasteiger partial charge in [0.05, 0.1) is 5.54 Å². The van der Waals surface area contributed by atoms with Crippen LogP contribution in [0.4, 0.5) is 0 Å². The highest BCUT2D eigenvalue weighted by Crippen LogP contribution is 2.22. The van der Waals surface area contributed by atoms with Crippen molar-refractivity contribution in [2.75, 3.05) is 0 Å². The predicted octanol–water partition coefficient (Wildman–Crippen LogP) is 2.48. The summed E-state index contributed by atoms with van der Waals surface area (Å²) in [5, 5.41) is 3.05. The van der Waals surface area contributed by atoms with Crippen molar-refractivity contribution in [1.29, 1.82) is 0 Å². The second-order valence-corrected chi connectivity index (χ2v) is 5.57. The number of pyridine rings is 1. The van der Waals surface area contributed by atoms with Crippen molar-refractivity contribution < 1.29 is 4.79 Å². The Morgan fingerprint density at radius 3 is 2.06 bits per heavy atom. The first-order chi connectivity index (χ1) is 7.23. The highest BCUT2D eigenvalue weighted by molar-refractivity contribution is 5.82. The van der Waals surface area contributed by atoms with E-state index in [1.807, 2.05) is 46.8 Å². The van der Waals surface area contributed by atoms with Gasteiger partial charge in [-0.05, 0) is 31.5 Å². The van der Waals surface area contributed by atoms with Gasteiger partial charge in [0, 0.05) is 17.8 Å². The Morgan fingerprint density at radius 2 is 1.62 bits per heavy atom. The summed E-state index contributed by atoms with van der Waals surface area (Å²) in [5.41, 5.74) is 0.317. The monoisotopic (exact) mass is 220 g/mol. The molecule has 1 aromatic heterocycles. The highest BCUT2D eigenvalue weighted by atomic mass is 16.2. The fourth-order valence-corrected chi connectivity index (χ4v) is 1.31. The molecule has 0 aliphatic carbocycles. The van der Waals surface area contributed by atoms with Crippen molar-refractivity contribution >= 4 is 5.91 Å². The summed E-state index contributed by atoms with van der Waals surface area (Å²) in [6.07, 6.45) is 3.47. The maximum atomic E-state index is 11.9. The zero-order valence-corrected chi connectivity index (χ0v) is 10.7. The molecule has 1 amide bonds. The molecule has 0 aromatic carbocycles. The topological polar surface area (TPSA) is 42.0 Å². The molecule has 0 aliphatic rings. The number of carbonyl (C=O) groups excluding carboxylic acids is 1. The molecule has 0 radical (unpaired) electrons. The van der Waals surface area contributed by atoms with Crippen LogP contribution in [0.25, 0.3) is 0 Å². The van der Waals surface area contributed by atoms with E-state index in [1.54, 1.807) is 12.4 Å². The third kappa shape index (κ3) is 3.05. The lowest BCUT2D eigenvalue weighted by molar-refractivity contribution is -0.130. The Labute approximate surface area is 97.3 Å². The lowest BCUT2D eigenvalue weighted by atomic mass is 9.90. The number of aromatic nitrogens is 1. The van der Waals surface area contributed by atoms with Gasteiger partial charge in [-0.25, -0.2) is 0 Å². The van der Waals surface area contributed by atoms with Crippen LogP contribution in [0.15, 0.2) is 24.5 Å². The molecule has 16 heavy (non-hydrogen) atoms. The number of carbonyl (C=O) groups is 1. The normalized spacial score (nSPS) is 12.3. The van der Waals surface area contributed by atoms with Crippen molar-refractivity contribution in [2.24, 2.45) is 5.41 Å². The summed E-state index contributed by atoms with van der Waals surface area (Å²) in [5.74, 6) is 0.0503. The molecule has 0 unspecified atom stereocenters. The van der Waals surface area contributed by atoms with E-state index < -0.39 is 0 Å². The van der Waals surface area contributed by atoms with Gasteiger partial charge in [-0.2, -0.15) is 0 Å². The highest BCUT2D eigenvalue weighted by Gasteiger charge is 2.28. The number of amides is 1. The van der Waals surface area contributed by atoms with Gasteiger partial charge in [-0.3, -0.25) is 9.78 Å². The largest absolute Gasteiger partial charge is 0.347 e. The fraction of sp³-hybridized carbons (Fsp3) is 0.538. The summed E-state index contributed by atoms with van der Waals surface area (Å²) in [6, 6.07) is 3.84. The lowest BCUT2D eigenvalue weighted by Gasteiger charge is -2.30. The van der Waals surface area contributed by atoms with Crippen LogP contribution in [0, 0.1) is 5.41 Å². The van der Waals surface area contributed by atoms with E-state index in [2.05, 4.69) is 10.3 Å². The van der Waals surface area contributed by atoms with Crippen LogP contribution in [-0.2, 0) is 10.3 Å². The third-order valence-corrected chi connectivity index (χ3v) is 2.51. The first kappa shape index (κ1) is 12.7. The molecule has 0 aliphatic heterocycles. The van der Waals surface area contributed by atoms with Crippen LogP contribution in [0.2, 0.25) is 0 Å². The Bertz CT molecular complexity index is 363. The Hall–Kier alpha value is -1.38. The van der Waals surface area contributed by atoms with E-state index in [0.717, 1.165) is 5.56 Å². The van der Waals surface area contributed by atoms with Gasteiger partial charge in [-0.1, -0.05) is 20.8 Å². The summed E-state index contributed by atoms with van der Waals surface area (Å²) < 4.78 is 0. The van der Waals surface area contributed by atoms with Crippen LogP contribution < -0.4 is 5.32 Å².